The maximum atomic E-state index is 13.0. The van der Waals surface area contributed by atoms with Gasteiger partial charge in [0.2, 0.25) is 5.91 Å². The summed E-state index contributed by atoms with van der Waals surface area (Å²) in [5.74, 6) is 0.414. The molecule has 1 fully saturated rings. The lowest BCUT2D eigenvalue weighted by molar-refractivity contribution is -0.131. The zero-order chi connectivity index (χ0) is 23.5. The number of fused-ring (bicyclic) bond motifs is 3. The Balaban J connectivity index is 1.40. The summed E-state index contributed by atoms with van der Waals surface area (Å²) in [5, 5.41) is 5.74. The van der Waals surface area contributed by atoms with Crippen LogP contribution in [0.2, 0.25) is 0 Å². The Hall–Kier alpha value is -3.16. The van der Waals surface area contributed by atoms with Gasteiger partial charge >= 0.3 is 6.09 Å². The van der Waals surface area contributed by atoms with E-state index in [-0.39, 0.29) is 12.0 Å². The van der Waals surface area contributed by atoms with E-state index in [1.54, 1.807) is 4.90 Å². The highest BCUT2D eigenvalue weighted by molar-refractivity contribution is 5.92. The second-order valence-electron chi connectivity index (χ2n) is 9.21. The molecule has 0 spiro atoms. The number of amides is 2. The summed E-state index contributed by atoms with van der Waals surface area (Å²) < 4.78 is 7.24. The Morgan fingerprint density at radius 2 is 1.79 bits per heavy atom. The van der Waals surface area contributed by atoms with Crippen molar-refractivity contribution < 1.29 is 14.3 Å². The van der Waals surface area contributed by atoms with Crippen LogP contribution in [-0.2, 0) is 16.0 Å². The fourth-order valence-electron chi connectivity index (χ4n) is 4.41. The molecule has 1 aliphatic rings. The number of nitrogens with zero attached hydrogens (tertiary/aromatic N) is 5. The molecule has 2 amide bonds. The fraction of sp³-hybridized carbons (Fsp3) is 0.520. The van der Waals surface area contributed by atoms with Crippen LogP contribution in [0.4, 0.5) is 4.79 Å². The molecule has 3 heterocycles. The molecule has 8 nitrogen and oxygen atoms in total. The summed E-state index contributed by atoms with van der Waals surface area (Å²) in [6, 6.07) is 8.00. The van der Waals surface area contributed by atoms with Crippen molar-refractivity contribution in [2.75, 3.05) is 32.8 Å². The van der Waals surface area contributed by atoms with Crippen LogP contribution in [0, 0.1) is 19.8 Å². The molecule has 1 aliphatic heterocycles. The van der Waals surface area contributed by atoms with Gasteiger partial charge in [-0.25, -0.2) is 14.3 Å². The van der Waals surface area contributed by atoms with Crippen LogP contribution in [0.3, 0.4) is 0 Å². The van der Waals surface area contributed by atoms with Crippen molar-refractivity contribution in [1.82, 2.24) is 24.4 Å². The Morgan fingerprint density at radius 3 is 2.58 bits per heavy atom. The third-order valence-electron chi connectivity index (χ3n) is 6.25. The van der Waals surface area contributed by atoms with Gasteiger partial charge < -0.3 is 14.5 Å². The highest BCUT2D eigenvalue weighted by Gasteiger charge is 2.23. The standard InChI is InChI=1S/C25H33N5O3/c1-17(2)16-33-25(32)29-13-7-12-28(14-15-29)23(31)11-10-20-18(3)26-24-21-8-5-6-9-22(21)27-30(24)19(20)4/h5-6,8-9,17H,7,10-16H2,1-4H3. The SMILES string of the molecule is Cc1nc2c3ccccc3nn2c(C)c1CCC(=O)N1CCCN(C(=O)OCC(C)C)CC1. The van der Waals surface area contributed by atoms with Gasteiger partial charge in [-0.2, -0.15) is 5.10 Å². The topological polar surface area (TPSA) is 80.0 Å². The molecule has 4 rings (SSSR count). The molecule has 3 aromatic rings. The van der Waals surface area contributed by atoms with Crippen LogP contribution >= 0.6 is 0 Å². The minimum atomic E-state index is -0.282. The first kappa shape index (κ1) is 23.0. The number of carbonyl (C=O) groups is 2. The monoisotopic (exact) mass is 451 g/mol. The third-order valence-corrected chi connectivity index (χ3v) is 6.25. The molecule has 0 aliphatic carbocycles. The maximum Gasteiger partial charge on any atom is 0.409 e. The summed E-state index contributed by atoms with van der Waals surface area (Å²) in [4.78, 5) is 33.7. The lowest BCUT2D eigenvalue weighted by Gasteiger charge is -2.22. The first-order valence-corrected chi connectivity index (χ1v) is 11.8. The molecule has 0 atom stereocenters. The summed E-state index contributed by atoms with van der Waals surface area (Å²) >= 11 is 0. The summed E-state index contributed by atoms with van der Waals surface area (Å²) in [6.07, 6.45) is 1.50. The van der Waals surface area contributed by atoms with E-state index in [9.17, 15) is 9.59 Å². The van der Waals surface area contributed by atoms with Crippen LogP contribution < -0.4 is 0 Å². The van der Waals surface area contributed by atoms with E-state index in [0.29, 0.717) is 51.5 Å². The highest BCUT2D eigenvalue weighted by Crippen LogP contribution is 2.23. The van der Waals surface area contributed by atoms with Gasteiger partial charge in [0, 0.05) is 49.4 Å². The summed E-state index contributed by atoms with van der Waals surface area (Å²) in [6.45, 7) is 10.8. The van der Waals surface area contributed by atoms with Crippen molar-refractivity contribution in [1.29, 1.82) is 0 Å². The molecule has 0 bridgehead atoms. The van der Waals surface area contributed by atoms with Crippen LogP contribution in [0.25, 0.3) is 16.6 Å². The van der Waals surface area contributed by atoms with E-state index >= 15 is 0 Å². The molecule has 0 saturated carbocycles. The number of carbonyl (C=O) groups excluding carboxylic acids is 2. The highest BCUT2D eigenvalue weighted by atomic mass is 16.6. The van der Waals surface area contributed by atoms with Gasteiger partial charge in [0.05, 0.1) is 12.1 Å². The second-order valence-corrected chi connectivity index (χ2v) is 9.21. The zero-order valence-electron chi connectivity index (χ0n) is 20.0. The van der Waals surface area contributed by atoms with Gasteiger partial charge in [-0.15, -0.1) is 0 Å². The lowest BCUT2D eigenvalue weighted by atomic mass is 10.1. The van der Waals surface area contributed by atoms with Crippen LogP contribution in [0.5, 0.6) is 0 Å². The van der Waals surface area contributed by atoms with Crippen molar-refractivity contribution in [3.63, 3.8) is 0 Å². The third kappa shape index (κ3) is 4.94. The molecule has 0 N–H and O–H groups in total. The Bertz CT molecular complexity index is 1170. The van der Waals surface area contributed by atoms with Crippen molar-refractivity contribution in [3.05, 3.63) is 41.2 Å². The van der Waals surface area contributed by atoms with Crippen molar-refractivity contribution >= 4 is 28.6 Å². The van der Waals surface area contributed by atoms with E-state index in [2.05, 4.69) is 0 Å². The van der Waals surface area contributed by atoms with Crippen LogP contribution in [-0.4, -0.2) is 69.2 Å². The summed E-state index contributed by atoms with van der Waals surface area (Å²) in [7, 11) is 0. The van der Waals surface area contributed by atoms with Gasteiger partial charge in [0.25, 0.3) is 0 Å². The lowest BCUT2D eigenvalue weighted by Crippen LogP contribution is -2.38. The second kappa shape index (κ2) is 9.77. The predicted octanol–water partition coefficient (Wildman–Crippen LogP) is 3.76. The van der Waals surface area contributed by atoms with Gasteiger partial charge in [-0.05, 0) is 50.3 Å². The smallest absolute Gasteiger partial charge is 0.409 e. The molecular formula is C25H33N5O3. The van der Waals surface area contributed by atoms with Crippen molar-refractivity contribution in [3.8, 4) is 0 Å². The number of hydrogen-bond acceptors (Lipinski definition) is 5. The molecule has 2 aromatic heterocycles. The predicted molar refractivity (Wildman–Crippen MR) is 127 cm³/mol. The molecule has 0 radical (unpaired) electrons. The normalized spacial score (nSPS) is 14.8. The molecule has 1 aromatic carbocycles. The van der Waals surface area contributed by atoms with Crippen LogP contribution in [0.15, 0.2) is 24.3 Å². The first-order chi connectivity index (χ1) is 15.8. The minimum Gasteiger partial charge on any atom is -0.449 e. The average Bonchev–Trinajstić information content (AvgIpc) is 2.98. The van der Waals surface area contributed by atoms with Gasteiger partial charge in [0.15, 0.2) is 5.65 Å². The zero-order valence-corrected chi connectivity index (χ0v) is 20.0. The van der Waals surface area contributed by atoms with E-state index in [0.717, 1.165) is 39.9 Å². The van der Waals surface area contributed by atoms with Gasteiger partial charge in [-0.3, -0.25) is 4.79 Å². The van der Waals surface area contributed by atoms with Gasteiger partial charge in [-0.1, -0.05) is 26.0 Å². The molecule has 0 unspecified atom stereocenters. The van der Waals surface area contributed by atoms with E-state index in [1.165, 1.54) is 0 Å². The quantitative estimate of drug-likeness (QED) is 0.590. The Kier molecular flexibility index (Phi) is 6.81. The van der Waals surface area contributed by atoms with Crippen LogP contribution in [0.1, 0.15) is 43.6 Å². The maximum absolute atomic E-state index is 13.0. The first-order valence-electron chi connectivity index (χ1n) is 11.8. The number of hydrogen-bond donors (Lipinski definition) is 0. The average molecular weight is 452 g/mol. The molecule has 176 valence electrons. The molecule has 1 saturated heterocycles. The minimum absolute atomic E-state index is 0.108. The molecule has 33 heavy (non-hydrogen) atoms. The Labute approximate surface area is 194 Å². The van der Waals surface area contributed by atoms with Crippen molar-refractivity contribution in [2.45, 2.75) is 47.0 Å². The fourth-order valence-corrected chi connectivity index (χ4v) is 4.41. The van der Waals surface area contributed by atoms with E-state index < -0.39 is 0 Å². The van der Waals surface area contributed by atoms with E-state index in [1.807, 2.05) is 61.4 Å². The number of aromatic nitrogens is 3. The largest absolute Gasteiger partial charge is 0.449 e. The molecule has 8 heteroatoms. The van der Waals surface area contributed by atoms with E-state index in [4.69, 9.17) is 14.8 Å². The van der Waals surface area contributed by atoms with Crippen molar-refractivity contribution in [2.24, 2.45) is 5.92 Å². The Morgan fingerprint density at radius 1 is 1.06 bits per heavy atom. The number of ether oxygens (including phenoxy) is 1. The number of aryl methyl sites for hydroxylation is 2. The number of rotatable bonds is 5. The van der Waals surface area contributed by atoms with Gasteiger partial charge in [0.1, 0.15) is 0 Å². The summed E-state index contributed by atoms with van der Waals surface area (Å²) in [5.41, 5.74) is 4.80. The number of benzene rings is 1. The molecular weight excluding hydrogens is 418 g/mol.